The van der Waals surface area contributed by atoms with E-state index in [9.17, 15) is 9.18 Å². The van der Waals surface area contributed by atoms with Crippen LogP contribution in [0.1, 0.15) is 0 Å². The summed E-state index contributed by atoms with van der Waals surface area (Å²) in [6, 6.07) is 5.67. The van der Waals surface area contributed by atoms with E-state index < -0.39 is 6.09 Å². The first-order valence-electron chi connectivity index (χ1n) is 4.20. The van der Waals surface area contributed by atoms with Gasteiger partial charge in [-0.15, -0.1) is 0 Å². The van der Waals surface area contributed by atoms with Gasteiger partial charge >= 0.3 is 6.09 Å². The Labute approximate surface area is 84.4 Å². The lowest BCUT2D eigenvalue weighted by Crippen LogP contribution is -2.07. The molecule has 5 heteroatoms. The third-order valence-corrected chi connectivity index (χ3v) is 1.89. The number of hydrogen-bond donors (Lipinski definition) is 2. The van der Waals surface area contributed by atoms with Crippen LogP contribution in [0.25, 0.3) is 10.9 Å². The molecule has 0 atom stereocenters. The normalized spacial score (nSPS) is 10.2. The smallest absolute Gasteiger partial charge is 0.409 e. The molecule has 0 bridgehead atoms. The molecule has 2 rings (SSSR count). The van der Waals surface area contributed by atoms with E-state index in [0.29, 0.717) is 16.6 Å². The van der Waals surface area contributed by atoms with Crippen LogP contribution in [0.4, 0.5) is 14.9 Å². The molecule has 0 unspecified atom stereocenters. The Kier molecular flexibility index (Phi) is 2.21. The van der Waals surface area contributed by atoms with Crippen molar-refractivity contribution < 1.29 is 14.3 Å². The Morgan fingerprint density at radius 1 is 1.40 bits per heavy atom. The van der Waals surface area contributed by atoms with Gasteiger partial charge in [-0.1, -0.05) is 0 Å². The molecular weight excluding hydrogens is 199 g/mol. The van der Waals surface area contributed by atoms with Crippen LogP contribution in [0.5, 0.6) is 0 Å². The maximum atomic E-state index is 12.9. The fraction of sp³-hybridized carbons (Fsp3) is 0. The summed E-state index contributed by atoms with van der Waals surface area (Å²) in [6.07, 6.45) is 0.210. The first-order valence-corrected chi connectivity index (χ1v) is 4.20. The number of anilines is 1. The minimum Gasteiger partial charge on any atom is -0.465 e. The molecule has 1 amide bonds. The average molecular weight is 206 g/mol. The lowest BCUT2D eigenvalue weighted by molar-refractivity contribution is 0.209. The highest BCUT2D eigenvalue weighted by atomic mass is 19.1. The van der Waals surface area contributed by atoms with Crippen LogP contribution in [-0.4, -0.2) is 16.2 Å². The van der Waals surface area contributed by atoms with Gasteiger partial charge in [-0.2, -0.15) is 0 Å². The molecule has 2 aromatic rings. The molecule has 4 nitrogen and oxygen atoms in total. The van der Waals surface area contributed by atoms with Gasteiger partial charge in [-0.3, -0.25) is 10.3 Å². The van der Waals surface area contributed by atoms with Crippen molar-refractivity contribution in [2.75, 3.05) is 5.32 Å². The number of amides is 1. The zero-order chi connectivity index (χ0) is 10.8. The number of aromatic nitrogens is 1. The topological polar surface area (TPSA) is 62.2 Å². The number of carbonyl (C=O) groups is 1. The second-order valence-electron chi connectivity index (χ2n) is 2.99. The van der Waals surface area contributed by atoms with E-state index in [2.05, 4.69) is 10.3 Å². The first kappa shape index (κ1) is 9.39. The predicted octanol–water partition coefficient (Wildman–Crippen LogP) is 2.46. The van der Waals surface area contributed by atoms with E-state index in [1.165, 1.54) is 30.5 Å². The van der Waals surface area contributed by atoms with Crippen molar-refractivity contribution in [2.45, 2.75) is 0 Å². The Morgan fingerprint density at radius 2 is 2.20 bits per heavy atom. The quantitative estimate of drug-likeness (QED) is 0.753. The monoisotopic (exact) mass is 206 g/mol. The molecule has 15 heavy (non-hydrogen) atoms. The van der Waals surface area contributed by atoms with E-state index in [-0.39, 0.29) is 5.82 Å². The Hall–Kier alpha value is -2.17. The van der Waals surface area contributed by atoms with Gasteiger partial charge in [0.1, 0.15) is 5.82 Å². The molecule has 1 heterocycles. The minimum atomic E-state index is -1.17. The molecule has 0 aliphatic rings. The Bertz CT molecular complexity index is 528. The van der Waals surface area contributed by atoms with Crippen LogP contribution in [0.15, 0.2) is 30.5 Å². The van der Waals surface area contributed by atoms with Crippen molar-refractivity contribution in [3.63, 3.8) is 0 Å². The van der Waals surface area contributed by atoms with Crippen LogP contribution < -0.4 is 5.32 Å². The fourth-order valence-corrected chi connectivity index (χ4v) is 1.29. The Morgan fingerprint density at radius 3 is 2.93 bits per heavy atom. The predicted molar refractivity (Wildman–Crippen MR) is 53.3 cm³/mol. The number of pyridine rings is 1. The van der Waals surface area contributed by atoms with Gasteiger partial charge in [0.2, 0.25) is 0 Å². The van der Waals surface area contributed by atoms with E-state index >= 15 is 0 Å². The highest BCUT2D eigenvalue weighted by Gasteiger charge is 2.01. The minimum absolute atomic E-state index is 0.320. The highest BCUT2D eigenvalue weighted by molar-refractivity contribution is 5.88. The second-order valence-corrected chi connectivity index (χ2v) is 2.99. The van der Waals surface area contributed by atoms with Crippen molar-refractivity contribution in [3.8, 4) is 0 Å². The molecule has 0 aliphatic carbocycles. The van der Waals surface area contributed by atoms with Crippen molar-refractivity contribution in [2.24, 2.45) is 0 Å². The van der Waals surface area contributed by atoms with Gasteiger partial charge in [0.05, 0.1) is 17.4 Å². The number of rotatable bonds is 1. The molecule has 0 saturated heterocycles. The van der Waals surface area contributed by atoms with Crippen molar-refractivity contribution in [3.05, 3.63) is 36.3 Å². The van der Waals surface area contributed by atoms with Crippen LogP contribution in [0, 0.1) is 5.82 Å². The molecule has 0 radical (unpaired) electrons. The summed E-state index contributed by atoms with van der Waals surface area (Å²) in [6.45, 7) is 0. The van der Waals surface area contributed by atoms with E-state index in [1.807, 2.05) is 0 Å². The summed E-state index contributed by atoms with van der Waals surface area (Å²) < 4.78 is 12.9. The standard InChI is InChI=1S/C10H7FN2O2/c11-7-1-2-9-6(3-7)4-8(5-12-9)13-10(14)15/h1-5,13H,(H,14,15). The van der Waals surface area contributed by atoms with Crippen LogP contribution in [0.3, 0.4) is 0 Å². The number of halogens is 1. The van der Waals surface area contributed by atoms with Crippen LogP contribution in [-0.2, 0) is 0 Å². The molecule has 1 aromatic carbocycles. The summed E-state index contributed by atoms with van der Waals surface area (Å²) in [5.41, 5.74) is 0.938. The molecule has 0 spiro atoms. The summed E-state index contributed by atoms with van der Waals surface area (Å²) >= 11 is 0. The largest absolute Gasteiger partial charge is 0.465 e. The van der Waals surface area contributed by atoms with Crippen molar-refractivity contribution >= 4 is 22.7 Å². The van der Waals surface area contributed by atoms with Crippen LogP contribution >= 0.6 is 0 Å². The average Bonchev–Trinajstić information content (AvgIpc) is 2.16. The van der Waals surface area contributed by atoms with Gasteiger partial charge in [0.15, 0.2) is 0 Å². The first-order chi connectivity index (χ1) is 7.15. The van der Waals surface area contributed by atoms with Crippen LogP contribution in [0.2, 0.25) is 0 Å². The molecule has 0 saturated carbocycles. The molecular formula is C10H7FN2O2. The lowest BCUT2D eigenvalue weighted by Gasteiger charge is -2.02. The number of carboxylic acid groups (broad SMARTS) is 1. The fourth-order valence-electron chi connectivity index (χ4n) is 1.29. The third-order valence-electron chi connectivity index (χ3n) is 1.89. The number of benzene rings is 1. The summed E-state index contributed by atoms with van der Waals surface area (Å²) in [4.78, 5) is 14.3. The lowest BCUT2D eigenvalue weighted by atomic mass is 10.2. The van der Waals surface area contributed by atoms with E-state index in [0.717, 1.165) is 0 Å². The summed E-state index contributed by atoms with van der Waals surface area (Å²) in [5.74, 6) is -0.378. The van der Waals surface area contributed by atoms with Gasteiger partial charge < -0.3 is 5.11 Å². The second kappa shape index (κ2) is 3.53. The number of nitrogens with one attached hydrogen (secondary N) is 1. The zero-order valence-corrected chi connectivity index (χ0v) is 7.57. The van der Waals surface area contributed by atoms with E-state index in [1.54, 1.807) is 0 Å². The number of hydrogen-bond acceptors (Lipinski definition) is 2. The van der Waals surface area contributed by atoms with Gasteiger partial charge in [-0.25, -0.2) is 9.18 Å². The van der Waals surface area contributed by atoms with Crippen molar-refractivity contribution in [1.82, 2.24) is 4.98 Å². The molecule has 0 fully saturated rings. The molecule has 2 N–H and O–H groups in total. The SMILES string of the molecule is O=C(O)Nc1cnc2ccc(F)cc2c1. The van der Waals surface area contributed by atoms with Crippen molar-refractivity contribution in [1.29, 1.82) is 0 Å². The van der Waals surface area contributed by atoms with Gasteiger partial charge in [-0.05, 0) is 24.3 Å². The molecule has 0 aliphatic heterocycles. The highest BCUT2D eigenvalue weighted by Crippen LogP contribution is 2.17. The zero-order valence-electron chi connectivity index (χ0n) is 7.57. The maximum absolute atomic E-state index is 12.9. The number of fused-ring (bicyclic) bond motifs is 1. The summed E-state index contributed by atoms with van der Waals surface area (Å²) in [7, 11) is 0. The summed E-state index contributed by atoms with van der Waals surface area (Å²) in [5, 5.41) is 11.2. The maximum Gasteiger partial charge on any atom is 0.409 e. The van der Waals surface area contributed by atoms with Gasteiger partial charge in [0.25, 0.3) is 0 Å². The third kappa shape index (κ3) is 2.01. The molecule has 76 valence electrons. The van der Waals surface area contributed by atoms with Gasteiger partial charge in [0, 0.05) is 5.39 Å². The van der Waals surface area contributed by atoms with E-state index in [4.69, 9.17) is 5.11 Å². The number of nitrogens with zero attached hydrogens (tertiary/aromatic N) is 1. The Balaban J connectivity index is 2.49. The molecule has 1 aromatic heterocycles.